The Kier molecular flexibility index (Phi) is 4.71. The lowest BCUT2D eigenvalue weighted by Crippen LogP contribution is -2.01. The van der Waals surface area contributed by atoms with Gasteiger partial charge in [0.25, 0.3) is 0 Å². The molecule has 0 spiro atoms. The third-order valence-electron chi connectivity index (χ3n) is 3.76. The maximum Gasteiger partial charge on any atom is 0.363 e. The van der Waals surface area contributed by atoms with E-state index in [9.17, 15) is 4.79 Å². The first-order valence-electron chi connectivity index (χ1n) is 7.97. The van der Waals surface area contributed by atoms with Crippen LogP contribution in [0, 0.1) is 0 Å². The van der Waals surface area contributed by atoms with E-state index in [1.165, 1.54) is 5.56 Å². The Hall–Kier alpha value is -2.94. The molecule has 0 atom stereocenters. The molecule has 3 heteroatoms. The minimum absolute atomic E-state index is 0.314. The number of cyclic esters (lactones) is 1. The van der Waals surface area contributed by atoms with Gasteiger partial charge in [-0.05, 0) is 34.8 Å². The van der Waals surface area contributed by atoms with Crippen molar-refractivity contribution >= 4 is 24.0 Å². The number of ether oxygens (including phenoxy) is 1. The van der Waals surface area contributed by atoms with Crippen molar-refractivity contribution in [2.24, 2.45) is 4.99 Å². The van der Waals surface area contributed by atoms with Crippen LogP contribution in [0.15, 0.2) is 71.4 Å². The number of hydrogen-bond acceptors (Lipinski definition) is 3. The molecule has 120 valence electrons. The fourth-order valence-electron chi connectivity index (χ4n) is 2.36. The monoisotopic (exact) mass is 317 g/mol. The molecule has 0 amide bonds. The lowest BCUT2D eigenvalue weighted by molar-refractivity contribution is -0.129. The van der Waals surface area contributed by atoms with E-state index in [0.717, 1.165) is 11.1 Å². The molecule has 0 aliphatic carbocycles. The van der Waals surface area contributed by atoms with E-state index in [0.29, 0.717) is 17.5 Å². The SMILES string of the molecule is CC(C)c1ccc(/C=C2N=C(/C=C/c3ccccc3)OC/2=O)cc1. The smallest absolute Gasteiger partial charge is 0.363 e. The Labute approximate surface area is 142 Å². The predicted octanol–water partition coefficient (Wildman–Crippen LogP) is 4.82. The van der Waals surface area contributed by atoms with Crippen LogP contribution in [0.2, 0.25) is 0 Å². The summed E-state index contributed by atoms with van der Waals surface area (Å²) in [7, 11) is 0. The molecule has 3 nitrogen and oxygen atoms in total. The number of benzene rings is 2. The number of carbonyl (C=O) groups is 1. The van der Waals surface area contributed by atoms with Gasteiger partial charge >= 0.3 is 5.97 Å². The van der Waals surface area contributed by atoms with E-state index < -0.39 is 5.97 Å². The molecule has 3 rings (SSSR count). The van der Waals surface area contributed by atoms with Crippen molar-refractivity contribution in [2.45, 2.75) is 19.8 Å². The van der Waals surface area contributed by atoms with Crippen LogP contribution in [-0.4, -0.2) is 11.9 Å². The summed E-state index contributed by atoms with van der Waals surface area (Å²) in [6.07, 6.45) is 5.32. The van der Waals surface area contributed by atoms with Crippen molar-refractivity contribution in [1.29, 1.82) is 0 Å². The minimum atomic E-state index is -0.421. The number of rotatable bonds is 4. The molecule has 0 N–H and O–H groups in total. The number of carbonyl (C=O) groups excluding carboxylic acids is 1. The minimum Gasteiger partial charge on any atom is -0.403 e. The highest BCUT2D eigenvalue weighted by atomic mass is 16.6. The van der Waals surface area contributed by atoms with Crippen molar-refractivity contribution in [1.82, 2.24) is 0 Å². The largest absolute Gasteiger partial charge is 0.403 e. The predicted molar refractivity (Wildman–Crippen MR) is 97.5 cm³/mol. The van der Waals surface area contributed by atoms with Gasteiger partial charge in [0, 0.05) is 6.08 Å². The van der Waals surface area contributed by atoms with Crippen molar-refractivity contribution in [3.05, 3.63) is 83.1 Å². The molecule has 2 aromatic carbocycles. The van der Waals surface area contributed by atoms with Gasteiger partial charge < -0.3 is 4.74 Å². The lowest BCUT2D eigenvalue weighted by Gasteiger charge is -2.04. The molecular weight excluding hydrogens is 298 g/mol. The Bertz CT molecular complexity index is 813. The van der Waals surface area contributed by atoms with Gasteiger partial charge in [0.1, 0.15) is 0 Å². The maximum absolute atomic E-state index is 11.9. The Balaban J connectivity index is 1.77. The summed E-state index contributed by atoms with van der Waals surface area (Å²) in [6.45, 7) is 4.30. The van der Waals surface area contributed by atoms with Crippen LogP contribution in [-0.2, 0) is 9.53 Å². The summed E-state index contributed by atoms with van der Waals surface area (Å²) in [4.78, 5) is 16.2. The maximum atomic E-state index is 11.9. The summed E-state index contributed by atoms with van der Waals surface area (Å²) in [5.74, 6) is 0.375. The van der Waals surface area contributed by atoms with Gasteiger partial charge in [-0.25, -0.2) is 9.79 Å². The van der Waals surface area contributed by atoms with Crippen molar-refractivity contribution in [3.63, 3.8) is 0 Å². The number of hydrogen-bond donors (Lipinski definition) is 0. The van der Waals surface area contributed by atoms with E-state index in [1.54, 1.807) is 12.2 Å². The highest BCUT2D eigenvalue weighted by Gasteiger charge is 2.21. The molecular formula is C21H19NO2. The number of esters is 1. The van der Waals surface area contributed by atoms with Crippen LogP contribution in [0.25, 0.3) is 12.2 Å². The third-order valence-corrected chi connectivity index (χ3v) is 3.76. The first-order chi connectivity index (χ1) is 11.6. The molecule has 0 radical (unpaired) electrons. The first kappa shape index (κ1) is 15.9. The Morgan fingerprint density at radius 3 is 2.29 bits per heavy atom. The standard InChI is InChI=1S/C21H19NO2/c1-15(2)18-11-8-17(9-12-18)14-19-21(23)24-20(22-19)13-10-16-6-4-3-5-7-16/h3-15H,1-2H3/b13-10+,19-14+. The molecule has 0 bridgehead atoms. The molecule has 0 aromatic heterocycles. The van der Waals surface area contributed by atoms with Gasteiger partial charge in [-0.2, -0.15) is 0 Å². The molecule has 0 saturated carbocycles. The van der Waals surface area contributed by atoms with Crippen molar-refractivity contribution in [2.75, 3.05) is 0 Å². The van der Waals surface area contributed by atoms with Gasteiger partial charge in [-0.1, -0.05) is 68.4 Å². The number of aliphatic imine (C=N–C) groups is 1. The van der Waals surface area contributed by atoms with Crippen LogP contribution in [0.5, 0.6) is 0 Å². The lowest BCUT2D eigenvalue weighted by atomic mass is 10.0. The molecule has 2 aromatic rings. The van der Waals surface area contributed by atoms with E-state index in [1.807, 2.05) is 48.5 Å². The topological polar surface area (TPSA) is 38.7 Å². The fourth-order valence-corrected chi connectivity index (χ4v) is 2.36. The van der Waals surface area contributed by atoms with Gasteiger partial charge in [-0.15, -0.1) is 0 Å². The van der Waals surface area contributed by atoms with Crippen LogP contribution >= 0.6 is 0 Å². The van der Waals surface area contributed by atoms with Gasteiger partial charge in [0.05, 0.1) is 0 Å². The molecule has 1 heterocycles. The molecule has 0 saturated heterocycles. The van der Waals surface area contributed by atoms with Crippen LogP contribution in [0.3, 0.4) is 0 Å². The molecule has 1 aliphatic heterocycles. The van der Waals surface area contributed by atoms with E-state index in [-0.39, 0.29) is 0 Å². The average molecular weight is 317 g/mol. The van der Waals surface area contributed by atoms with Gasteiger partial charge in [0.15, 0.2) is 5.70 Å². The zero-order chi connectivity index (χ0) is 16.9. The number of nitrogens with zero attached hydrogens (tertiary/aromatic N) is 1. The second kappa shape index (κ2) is 7.09. The average Bonchev–Trinajstić information content (AvgIpc) is 2.94. The molecule has 0 fully saturated rings. The van der Waals surface area contributed by atoms with E-state index in [4.69, 9.17) is 4.74 Å². The quantitative estimate of drug-likeness (QED) is 0.599. The molecule has 0 unspecified atom stereocenters. The molecule has 24 heavy (non-hydrogen) atoms. The first-order valence-corrected chi connectivity index (χ1v) is 7.97. The summed E-state index contributed by atoms with van der Waals surface area (Å²) in [5.41, 5.74) is 3.54. The normalized spacial score (nSPS) is 16.0. The second-order valence-corrected chi connectivity index (χ2v) is 5.93. The van der Waals surface area contributed by atoms with Gasteiger partial charge in [0.2, 0.25) is 5.90 Å². The Morgan fingerprint density at radius 1 is 0.917 bits per heavy atom. The summed E-state index contributed by atoms with van der Waals surface area (Å²) in [5, 5.41) is 0. The Morgan fingerprint density at radius 2 is 1.62 bits per heavy atom. The van der Waals surface area contributed by atoms with Crippen LogP contribution in [0.1, 0.15) is 36.5 Å². The van der Waals surface area contributed by atoms with Crippen molar-refractivity contribution < 1.29 is 9.53 Å². The van der Waals surface area contributed by atoms with Crippen LogP contribution in [0.4, 0.5) is 0 Å². The summed E-state index contributed by atoms with van der Waals surface area (Å²) < 4.78 is 5.19. The highest BCUT2D eigenvalue weighted by molar-refractivity contribution is 6.11. The van der Waals surface area contributed by atoms with Gasteiger partial charge in [-0.3, -0.25) is 0 Å². The zero-order valence-electron chi connectivity index (χ0n) is 13.8. The summed E-state index contributed by atoms with van der Waals surface area (Å²) in [6, 6.07) is 17.9. The van der Waals surface area contributed by atoms with Crippen LogP contribution < -0.4 is 0 Å². The third kappa shape index (κ3) is 3.87. The van der Waals surface area contributed by atoms with E-state index >= 15 is 0 Å². The van der Waals surface area contributed by atoms with Crippen molar-refractivity contribution in [3.8, 4) is 0 Å². The zero-order valence-corrected chi connectivity index (χ0v) is 13.8. The highest BCUT2D eigenvalue weighted by Crippen LogP contribution is 2.19. The second-order valence-electron chi connectivity index (χ2n) is 5.93. The van der Waals surface area contributed by atoms with E-state index in [2.05, 4.69) is 31.0 Å². The summed E-state index contributed by atoms with van der Waals surface area (Å²) >= 11 is 0. The molecule has 1 aliphatic rings. The fraction of sp³-hybridized carbons (Fsp3) is 0.143.